The van der Waals surface area contributed by atoms with Gasteiger partial charge in [-0.3, -0.25) is 10.1 Å². The van der Waals surface area contributed by atoms with Crippen molar-refractivity contribution < 1.29 is 9.66 Å². The topological polar surface area (TPSA) is 104 Å². The van der Waals surface area contributed by atoms with Crippen LogP contribution in [-0.2, 0) is 0 Å². The third-order valence-electron chi connectivity index (χ3n) is 1.99. The molecule has 1 aromatic heterocycles. The zero-order valence-electron chi connectivity index (χ0n) is 8.91. The number of benzene rings is 1. The fourth-order valence-electron chi connectivity index (χ4n) is 1.20. The van der Waals surface area contributed by atoms with Crippen molar-refractivity contribution in [2.45, 2.75) is 0 Å². The van der Waals surface area contributed by atoms with E-state index in [1.54, 1.807) is 24.3 Å². The average Bonchev–Trinajstić information content (AvgIpc) is 2.32. The third-order valence-corrected chi connectivity index (χ3v) is 2.31. The van der Waals surface area contributed by atoms with Gasteiger partial charge in [-0.1, -0.05) is 23.7 Å². The number of aromatic nitrogens is 2. The molecule has 0 bridgehead atoms. The number of nitrogens with two attached hydrogens (primary N) is 1. The molecular weight excluding hydrogens is 260 g/mol. The Hall–Kier alpha value is -2.41. The average molecular weight is 267 g/mol. The van der Waals surface area contributed by atoms with Crippen molar-refractivity contribution in [1.29, 1.82) is 0 Å². The molecule has 1 aromatic carbocycles. The number of nitro groups is 1. The van der Waals surface area contributed by atoms with E-state index < -0.39 is 4.92 Å². The van der Waals surface area contributed by atoms with Crippen molar-refractivity contribution >= 4 is 23.2 Å². The van der Waals surface area contributed by atoms with Gasteiger partial charge in [-0.25, -0.2) is 4.98 Å². The van der Waals surface area contributed by atoms with Crippen molar-refractivity contribution in [3.63, 3.8) is 0 Å². The number of anilines is 1. The van der Waals surface area contributed by atoms with Crippen molar-refractivity contribution in [3.8, 4) is 11.6 Å². The molecule has 2 N–H and O–H groups in total. The molecule has 8 heteroatoms. The van der Waals surface area contributed by atoms with Gasteiger partial charge in [0.15, 0.2) is 0 Å². The van der Waals surface area contributed by atoms with E-state index in [-0.39, 0.29) is 23.3 Å². The van der Waals surface area contributed by atoms with Crippen LogP contribution in [0.4, 0.5) is 11.6 Å². The van der Waals surface area contributed by atoms with Crippen LogP contribution in [0, 0.1) is 10.1 Å². The molecule has 2 rings (SSSR count). The Morgan fingerprint density at radius 2 is 2.11 bits per heavy atom. The van der Waals surface area contributed by atoms with Crippen LogP contribution >= 0.6 is 11.6 Å². The number of nitrogen functional groups attached to an aromatic ring is 1. The Kier molecular flexibility index (Phi) is 3.24. The number of hydrogen-bond donors (Lipinski definition) is 1. The van der Waals surface area contributed by atoms with E-state index in [0.29, 0.717) is 5.02 Å². The molecule has 0 aliphatic heterocycles. The van der Waals surface area contributed by atoms with Crippen molar-refractivity contribution in [2.75, 3.05) is 5.73 Å². The summed E-state index contributed by atoms with van der Waals surface area (Å²) < 4.78 is 5.28. The van der Waals surface area contributed by atoms with Gasteiger partial charge >= 0.3 is 11.6 Å². The number of rotatable bonds is 3. The highest BCUT2D eigenvalue weighted by molar-refractivity contribution is 6.32. The van der Waals surface area contributed by atoms with Gasteiger partial charge in [-0.2, -0.15) is 4.98 Å². The smallest absolute Gasteiger partial charge is 0.349 e. The second kappa shape index (κ2) is 4.84. The van der Waals surface area contributed by atoms with E-state index in [1.807, 2.05) is 0 Å². The van der Waals surface area contributed by atoms with Gasteiger partial charge in [0.1, 0.15) is 11.9 Å². The predicted octanol–water partition coefficient (Wildman–Crippen LogP) is 2.41. The number of ether oxygens (including phenoxy) is 1. The number of nitrogens with zero attached hydrogens (tertiary/aromatic N) is 3. The lowest BCUT2D eigenvalue weighted by Crippen LogP contribution is -2.01. The molecule has 1 heterocycles. The van der Waals surface area contributed by atoms with Gasteiger partial charge in [0.2, 0.25) is 5.95 Å². The van der Waals surface area contributed by atoms with Gasteiger partial charge in [0, 0.05) is 0 Å². The lowest BCUT2D eigenvalue weighted by molar-refractivity contribution is -0.386. The molecule has 0 aliphatic rings. The first-order valence-corrected chi connectivity index (χ1v) is 5.15. The first kappa shape index (κ1) is 12.1. The molecule has 0 radical (unpaired) electrons. The Morgan fingerprint density at radius 1 is 1.39 bits per heavy atom. The van der Waals surface area contributed by atoms with E-state index >= 15 is 0 Å². The zero-order chi connectivity index (χ0) is 13.1. The summed E-state index contributed by atoms with van der Waals surface area (Å²) in [5.41, 5.74) is 4.98. The van der Waals surface area contributed by atoms with Gasteiger partial charge in [-0.05, 0) is 12.1 Å². The summed E-state index contributed by atoms with van der Waals surface area (Å²) in [6, 6.07) is 6.53. The summed E-state index contributed by atoms with van der Waals surface area (Å²) in [6.07, 6.45) is 0.981. The lowest BCUT2D eigenvalue weighted by Gasteiger charge is -2.06. The second-order valence-electron chi connectivity index (χ2n) is 3.21. The zero-order valence-corrected chi connectivity index (χ0v) is 9.66. The van der Waals surface area contributed by atoms with E-state index in [9.17, 15) is 10.1 Å². The van der Waals surface area contributed by atoms with Crippen LogP contribution in [0.1, 0.15) is 0 Å². The number of hydrogen-bond acceptors (Lipinski definition) is 6. The van der Waals surface area contributed by atoms with Crippen LogP contribution in [0.2, 0.25) is 5.02 Å². The lowest BCUT2D eigenvalue weighted by atomic mass is 10.3. The Balaban J connectivity index is 2.42. The van der Waals surface area contributed by atoms with Crippen LogP contribution in [0.3, 0.4) is 0 Å². The monoisotopic (exact) mass is 266 g/mol. The number of halogens is 1. The van der Waals surface area contributed by atoms with Crippen molar-refractivity contribution in [1.82, 2.24) is 9.97 Å². The second-order valence-corrected chi connectivity index (χ2v) is 3.62. The molecule has 92 valence electrons. The minimum Gasteiger partial charge on any atom is -0.432 e. The predicted molar refractivity (Wildman–Crippen MR) is 64.6 cm³/mol. The van der Waals surface area contributed by atoms with E-state index in [4.69, 9.17) is 22.1 Å². The molecule has 0 aliphatic carbocycles. The SMILES string of the molecule is Nc1ncc([N+](=O)[O-])c(Oc2ccccc2Cl)n1. The molecule has 0 atom stereocenters. The third kappa shape index (κ3) is 2.46. The van der Waals surface area contributed by atoms with E-state index in [2.05, 4.69) is 9.97 Å². The summed E-state index contributed by atoms with van der Waals surface area (Å²) in [7, 11) is 0. The molecule has 2 aromatic rings. The minimum absolute atomic E-state index is 0.123. The first-order chi connectivity index (χ1) is 8.58. The largest absolute Gasteiger partial charge is 0.432 e. The standard InChI is InChI=1S/C10H7ClN4O3/c11-6-3-1-2-4-8(6)18-9-7(15(16)17)5-13-10(12)14-9/h1-5H,(H2,12,13,14). The quantitative estimate of drug-likeness (QED) is 0.676. The van der Waals surface area contributed by atoms with Gasteiger partial charge in [0.05, 0.1) is 9.95 Å². The normalized spacial score (nSPS) is 10.1. The summed E-state index contributed by atoms with van der Waals surface area (Å²) >= 11 is 5.88. The van der Waals surface area contributed by atoms with Gasteiger partial charge < -0.3 is 10.5 Å². The molecule has 0 saturated heterocycles. The maximum Gasteiger partial charge on any atom is 0.349 e. The van der Waals surface area contributed by atoms with Crippen molar-refractivity contribution in [3.05, 3.63) is 45.6 Å². The van der Waals surface area contributed by atoms with Crippen LogP contribution < -0.4 is 10.5 Å². The van der Waals surface area contributed by atoms with Crippen LogP contribution in [-0.4, -0.2) is 14.9 Å². The Bertz CT molecular complexity index is 605. The highest BCUT2D eigenvalue weighted by Crippen LogP contribution is 2.32. The molecule has 0 unspecified atom stereocenters. The summed E-state index contributed by atoms with van der Waals surface area (Å²) in [6.45, 7) is 0. The Morgan fingerprint density at radius 3 is 2.78 bits per heavy atom. The first-order valence-electron chi connectivity index (χ1n) is 4.77. The molecule has 7 nitrogen and oxygen atoms in total. The van der Waals surface area contributed by atoms with E-state index in [1.165, 1.54) is 0 Å². The van der Waals surface area contributed by atoms with Crippen LogP contribution in [0.5, 0.6) is 11.6 Å². The highest BCUT2D eigenvalue weighted by atomic mass is 35.5. The fraction of sp³-hybridized carbons (Fsp3) is 0. The summed E-state index contributed by atoms with van der Waals surface area (Å²) in [4.78, 5) is 17.3. The maximum atomic E-state index is 10.8. The molecule has 0 spiro atoms. The maximum absolute atomic E-state index is 10.8. The molecular formula is C10H7ClN4O3. The van der Waals surface area contributed by atoms with Crippen LogP contribution in [0.25, 0.3) is 0 Å². The van der Waals surface area contributed by atoms with E-state index in [0.717, 1.165) is 6.20 Å². The highest BCUT2D eigenvalue weighted by Gasteiger charge is 2.19. The molecule has 0 fully saturated rings. The molecule has 0 saturated carbocycles. The summed E-state index contributed by atoms with van der Waals surface area (Å²) in [5.74, 6) is -0.122. The van der Waals surface area contributed by atoms with Crippen LogP contribution in [0.15, 0.2) is 30.5 Å². The van der Waals surface area contributed by atoms with Crippen molar-refractivity contribution in [2.24, 2.45) is 0 Å². The van der Waals surface area contributed by atoms with Gasteiger partial charge in [0.25, 0.3) is 0 Å². The number of para-hydroxylation sites is 1. The minimum atomic E-state index is -0.661. The Labute approximate surface area is 106 Å². The van der Waals surface area contributed by atoms with Gasteiger partial charge in [-0.15, -0.1) is 0 Å². The molecule has 0 amide bonds. The summed E-state index contributed by atoms with van der Waals surface area (Å²) in [5, 5.41) is 11.1. The molecule has 18 heavy (non-hydrogen) atoms. The fourth-order valence-corrected chi connectivity index (χ4v) is 1.38.